The zero-order valence-corrected chi connectivity index (χ0v) is 10.9. The Morgan fingerprint density at radius 1 is 0.722 bits per heavy atom. The third-order valence-corrected chi connectivity index (χ3v) is 2.27. The molecule has 0 N–H and O–H groups in total. The summed E-state index contributed by atoms with van der Waals surface area (Å²) in [4.78, 5) is 0. The van der Waals surface area contributed by atoms with Crippen molar-refractivity contribution >= 4 is 18.2 Å². The van der Waals surface area contributed by atoms with Crippen molar-refractivity contribution in [2.24, 2.45) is 0 Å². The minimum absolute atomic E-state index is 1.04. The third-order valence-electron chi connectivity index (χ3n) is 2.27. The molecule has 0 spiro atoms. The van der Waals surface area contributed by atoms with Gasteiger partial charge in [0.05, 0.1) is 40.1 Å². The van der Waals surface area contributed by atoms with Crippen LogP contribution in [0.4, 0.5) is 0 Å². The monoisotopic (exact) mass is 246 g/mol. The van der Waals surface area contributed by atoms with Gasteiger partial charge in [0.15, 0.2) is 0 Å². The first-order chi connectivity index (χ1) is 8.81. The van der Waals surface area contributed by atoms with Crippen LogP contribution in [-0.4, -0.2) is 21.3 Å². The Kier molecular flexibility index (Phi) is 6.19. The lowest BCUT2D eigenvalue weighted by molar-refractivity contribution is 0.341. The molecule has 0 radical (unpaired) electrons. The number of benzene rings is 1. The molecule has 18 heavy (non-hydrogen) atoms. The molecule has 3 nitrogen and oxygen atoms in total. The van der Waals surface area contributed by atoms with Gasteiger partial charge < -0.3 is 14.2 Å². The third kappa shape index (κ3) is 4.37. The SMILES string of the molecule is COC=Cc1ccc(C=COC)c(C=COC)c1. The van der Waals surface area contributed by atoms with Crippen molar-refractivity contribution < 1.29 is 14.2 Å². The maximum absolute atomic E-state index is 4.95. The molecule has 0 bridgehead atoms. The van der Waals surface area contributed by atoms with Crippen molar-refractivity contribution in [3.05, 3.63) is 53.7 Å². The standard InChI is InChI=1S/C15H18O3/c1-16-9-6-13-4-5-14(7-10-17-2)15(12-13)8-11-18-3/h4-12H,1-3H3. The molecule has 0 unspecified atom stereocenters. The first kappa shape index (κ1) is 13.9. The molecule has 1 aromatic rings. The van der Waals surface area contributed by atoms with Crippen LogP contribution in [-0.2, 0) is 14.2 Å². The van der Waals surface area contributed by atoms with E-state index in [0.717, 1.165) is 16.7 Å². The zero-order valence-electron chi connectivity index (χ0n) is 10.9. The number of ether oxygens (including phenoxy) is 3. The van der Waals surface area contributed by atoms with E-state index < -0.39 is 0 Å². The minimum Gasteiger partial charge on any atom is -0.504 e. The average Bonchev–Trinajstić information content (AvgIpc) is 2.41. The summed E-state index contributed by atoms with van der Waals surface area (Å²) in [6.45, 7) is 0. The van der Waals surface area contributed by atoms with Crippen LogP contribution in [0.1, 0.15) is 16.7 Å². The van der Waals surface area contributed by atoms with E-state index in [1.54, 1.807) is 40.1 Å². The predicted octanol–water partition coefficient (Wildman–Crippen LogP) is 3.54. The Hall–Kier alpha value is -2.16. The second-order valence-corrected chi connectivity index (χ2v) is 3.50. The van der Waals surface area contributed by atoms with Crippen LogP contribution in [0.5, 0.6) is 0 Å². The highest BCUT2D eigenvalue weighted by atomic mass is 16.5. The van der Waals surface area contributed by atoms with E-state index >= 15 is 0 Å². The smallest absolute Gasteiger partial charge is 0.0830 e. The van der Waals surface area contributed by atoms with Crippen LogP contribution in [0.2, 0.25) is 0 Å². The fourth-order valence-corrected chi connectivity index (χ4v) is 1.42. The second-order valence-electron chi connectivity index (χ2n) is 3.50. The van der Waals surface area contributed by atoms with Crippen molar-refractivity contribution in [3.63, 3.8) is 0 Å². The van der Waals surface area contributed by atoms with E-state index in [2.05, 4.69) is 0 Å². The van der Waals surface area contributed by atoms with Gasteiger partial charge in [-0.05, 0) is 41.0 Å². The second kappa shape index (κ2) is 8.01. The summed E-state index contributed by atoms with van der Waals surface area (Å²) >= 11 is 0. The predicted molar refractivity (Wildman–Crippen MR) is 74.6 cm³/mol. The number of methoxy groups -OCH3 is 3. The van der Waals surface area contributed by atoms with Crippen molar-refractivity contribution in [3.8, 4) is 0 Å². The highest BCUT2D eigenvalue weighted by Gasteiger charge is 1.98. The van der Waals surface area contributed by atoms with Crippen molar-refractivity contribution in [1.82, 2.24) is 0 Å². The van der Waals surface area contributed by atoms with E-state index in [-0.39, 0.29) is 0 Å². The van der Waals surface area contributed by atoms with Gasteiger partial charge in [0.2, 0.25) is 0 Å². The van der Waals surface area contributed by atoms with Gasteiger partial charge in [-0.25, -0.2) is 0 Å². The van der Waals surface area contributed by atoms with Crippen molar-refractivity contribution in [2.75, 3.05) is 21.3 Å². The van der Waals surface area contributed by atoms with Gasteiger partial charge in [-0.2, -0.15) is 0 Å². The fraction of sp³-hybridized carbons (Fsp3) is 0.200. The Bertz CT molecular complexity index is 445. The first-order valence-corrected chi connectivity index (χ1v) is 5.54. The molecule has 0 aromatic heterocycles. The number of hydrogen-bond acceptors (Lipinski definition) is 3. The lowest BCUT2D eigenvalue weighted by Crippen LogP contribution is -1.84. The van der Waals surface area contributed by atoms with Crippen LogP contribution in [0.3, 0.4) is 0 Å². The Morgan fingerprint density at radius 2 is 1.28 bits per heavy atom. The highest BCUT2D eigenvalue weighted by molar-refractivity contribution is 5.68. The molecule has 0 heterocycles. The van der Waals surface area contributed by atoms with Crippen LogP contribution in [0.15, 0.2) is 37.0 Å². The highest BCUT2D eigenvalue weighted by Crippen LogP contribution is 2.17. The molecule has 0 aliphatic rings. The van der Waals surface area contributed by atoms with Gasteiger partial charge in [-0.1, -0.05) is 12.1 Å². The van der Waals surface area contributed by atoms with Crippen LogP contribution < -0.4 is 0 Å². The lowest BCUT2D eigenvalue weighted by atomic mass is 10.0. The largest absolute Gasteiger partial charge is 0.504 e. The van der Waals surface area contributed by atoms with Crippen molar-refractivity contribution in [1.29, 1.82) is 0 Å². The molecule has 0 saturated carbocycles. The summed E-state index contributed by atoms with van der Waals surface area (Å²) in [6.07, 6.45) is 10.6. The van der Waals surface area contributed by atoms with Gasteiger partial charge in [0.1, 0.15) is 0 Å². The summed E-state index contributed by atoms with van der Waals surface area (Å²) in [5.41, 5.74) is 3.16. The molecule has 0 aliphatic carbocycles. The average molecular weight is 246 g/mol. The molecule has 1 aromatic carbocycles. The summed E-state index contributed by atoms with van der Waals surface area (Å²) in [5, 5.41) is 0. The molecule has 0 saturated heterocycles. The molecular weight excluding hydrogens is 228 g/mol. The molecule has 0 atom stereocenters. The van der Waals surface area contributed by atoms with Crippen LogP contribution in [0.25, 0.3) is 18.2 Å². The molecule has 0 fully saturated rings. The molecule has 0 amide bonds. The Labute approximate surface area is 108 Å². The van der Waals surface area contributed by atoms with E-state index in [0.29, 0.717) is 0 Å². The lowest BCUT2D eigenvalue weighted by Gasteiger charge is -2.03. The molecular formula is C15H18O3. The molecule has 0 aliphatic heterocycles. The zero-order chi connectivity index (χ0) is 13.2. The fourth-order valence-electron chi connectivity index (χ4n) is 1.42. The Morgan fingerprint density at radius 3 is 1.89 bits per heavy atom. The Balaban J connectivity index is 3.07. The summed E-state index contributed by atoms with van der Waals surface area (Å²) in [5.74, 6) is 0. The van der Waals surface area contributed by atoms with Gasteiger partial charge in [-0.15, -0.1) is 0 Å². The quantitative estimate of drug-likeness (QED) is 0.718. The van der Waals surface area contributed by atoms with E-state index in [9.17, 15) is 0 Å². The first-order valence-electron chi connectivity index (χ1n) is 5.54. The maximum Gasteiger partial charge on any atom is 0.0830 e. The number of hydrogen-bond donors (Lipinski definition) is 0. The van der Waals surface area contributed by atoms with E-state index in [4.69, 9.17) is 14.2 Å². The molecule has 96 valence electrons. The van der Waals surface area contributed by atoms with Crippen LogP contribution >= 0.6 is 0 Å². The van der Waals surface area contributed by atoms with E-state index in [1.807, 2.05) is 36.4 Å². The summed E-state index contributed by atoms with van der Waals surface area (Å²) < 4.78 is 14.8. The number of rotatable bonds is 6. The van der Waals surface area contributed by atoms with Gasteiger partial charge in [0, 0.05) is 0 Å². The molecule has 1 rings (SSSR count). The van der Waals surface area contributed by atoms with Gasteiger partial charge in [0.25, 0.3) is 0 Å². The van der Waals surface area contributed by atoms with Crippen molar-refractivity contribution in [2.45, 2.75) is 0 Å². The minimum atomic E-state index is 1.04. The topological polar surface area (TPSA) is 27.7 Å². The normalized spacial score (nSPS) is 11.5. The summed E-state index contributed by atoms with van der Waals surface area (Å²) in [6, 6.07) is 6.07. The molecule has 3 heteroatoms. The van der Waals surface area contributed by atoms with Gasteiger partial charge >= 0.3 is 0 Å². The summed E-state index contributed by atoms with van der Waals surface area (Å²) in [7, 11) is 4.87. The van der Waals surface area contributed by atoms with Crippen LogP contribution in [0, 0.1) is 0 Å². The van der Waals surface area contributed by atoms with Gasteiger partial charge in [-0.3, -0.25) is 0 Å². The van der Waals surface area contributed by atoms with E-state index in [1.165, 1.54) is 0 Å². The maximum atomic E-state index is 4.95.